The zero-order valence-electron chi connectivity index (χ0n) is 15.5. The molecule has 1 aromatic heterocycles. The van der Waals surface area contributed by atoms with Gasteiger partial charge in [0.05, 0.1) is 19.8 Å². The molecule has 0 aliphatic carbocycles. The highest BCUT2D eigenvalue weighted by Crippen LogP contribution is 2.33. The number of nitrogens with zero attached hydrogens (tertiary/aromatic N) is 4. The van der Waals surface area contributed by atoms with E-state index in [4.69, 9.17) is 9.57 Å². The quantitative estimate of drug-likeness (QED) is 0.826. The molecular formula is C20H24N4O3. The lowest BCUT2D eigenvalue weighted by Gasteiger charge is -2.34. The van der Waals surface area contributed by atoms with E-state index in [0.29, 0.717) is 12.6 Å². The van der Waals surface area contributed by atoms with E-state index in [9.17, 15) is 4.79 Å². The maximum Gasteiger partial charge on any atom is 0.318 e. The molecule has 27 heavy (non-hydrogen) atoms. The van der Waals surface area contributed by atoms with Crippen molar-refractivity contribution < 1.29 is 14.4 Å². The summed E-state index contributed by atoms with van der Waals surface area (Å²) in [5, 5.41) is 1.61. The van der Waals surface area contributed by atoms with Gasteiger partial charge in [-0.3, -0.25) is 9.63 Å². The Morgan fingerprint density at radius 2 is 1.93 bits per heavy atom. The van der Waals surface area contributed by atoms with Gasteiger partial charge in [0.15, 0.2) is 0 Å². The molecule has 142 valence electrons. The molecule has 1 atom stereocenters. The Labute approximate surface area is 158 Å². The van der Waals surface area contributed by atoms with Crippen molar-refractivity contribution >= 4 is 11.7 Å². The Morgan fingerprint density at radius 3 is 2.67 bits per heavy atom. The summed E-state index contributed by atoms with van der Waals surface area (Å²) in [5.41, 5.74) is 1.13. The van der Waals surface area contributed by atoms with Crippen LogP contribution >= 0.6 is 0 Å². The lowest BCUT2D eigenvalue weighted by atomic mass is 9.94. The maximum absolute atomic E-state index is 13.1. The van der Waals surface area contributed by atoms with Gasteiger partial charge >= 0.3 is 6.01 Å². The van der Waals surface area contributed by atoms with Gasteiger partial charge in [0.2, 0.25) is 5.91 Å². The molecule has 0 saturated carbocycles. The van der Waals surface area contributed by atoms with Crippen molar-refractivity contribution in [2.45, 2.75) is 25.3 Å². The van der Waals surface area contributed by atoms with Gasteiger partial charge in [-0.25, -0.2) is 10.0 Å². The van der Waals surface area contributed by atoms with E-state index in [1.165, 1.54) is 0 Å². The van der Waals surface area contributed by atoms with Crippen LogP contribution in [-0.4, -0.2) is 47.7 Å². The Hall–Kier alpha value is -2.67. The van der Waals surface area contributed by atoms with Crippen molar-refractivity contribution in [1.29, 1.82) is 0 Å². The number of amides is 1. The van der Waals surface area contributed by atoms with Crippen LogP contribution in [0.1, 0.15) is 30.9 Å². The first-order chi connectivity index (χ1) is 13.3. The number of hydrogen-bond donors (Lipinski definition) is 0. The third-order valence-corrected chi connectivity index (χ3v) is 5.28. The minimum Gasteiger partial charge on any atom is -0.467 e. The van der Waals surface area contributed by atoms with Gasteiger partial charge in [-0.2, -0.15) is 4.98 Å². The Kier molecular flexibility index (Phi) is 5.20. The van der Waals surface area contributed by atoms with Gasteiger partial charge in [0, 0.05) is 31.6 Å². The third-order valence-electron chi connectivity index (χ3n) is 5.28. The molecule has 7 nitrogen and oxygen atoms in total. The predicted molar refractivity (Wildman–Crippen MR) is 100 cm³/mol. The fraction of sp³-hybridized carbons (Fsp3) is 0.450. The maximum atomic E-state index is 13.1. The highest BCUT2D eigenvalue weighted by molar-refractivity contribution is 5.79. The number of hydrogen-bond acceptors (Lipinski definition) is 6. The summed E-state index contributed by atoms with van der Waals surface area (Å²) in [4.78, 5) is 29.4. The number of hydroxylamine groups is 2. The largest absolute Gasteiger partial charge is 0.467 e. The zero-order valence-corrected chi connectivity index (χ0v) is 15.5. The number of ether oxygens (including phenoxy) is 1. The summed E-state index contributed by atoms with van der Waals surface area (Å²) in [6.45, 7) is 2.14. The molecule has 2 aliphatic rings. The lowest BCUT2D eigenvalue weighted by Crippen LogP contribution is -2.42. The van der Waals surface area contributed by atoms with Crippen LogP contribution in [0.3, 0.4) is 0 Å². The summed E-state index contributed by atoms with van der Waals surface area (Å²) in [7, 11) is 1.56. The van der Waals surface area contributed by atoms with Crippen molar-refractivity contribution in [3.8, 4) is 6.01 Å². The van der Waals surface area contributed by atoms with Crippen LogP contribution in [0.5, 0.6) is 6.01 Å². The van der Waals surface area contributed by atoms with Crippen molar-refractivity contribution in [2.24, 2.45) is 5.92 Å². The number of carbonyl (C=O) groups is 1. The fourth-order valence-electron chi connectivity index (χ4n) is 3.81. The van der Waals surface area contributed by atoms with Crippen LogP contribution in [0.2, 0.25) is 0 Å². The third kappa shape index (κ3) is 3.73. The van der Waals surface area contributed by atoms with E-state index < -0.39 is 0 Å². The number of piperidine rings is 1. The van der Waals surface area contributed by atoms with Crippen molar-refractivity contribution in [2.75, 3.05) is 31.7 Å². The molecule has 2 saturated heterocycles. The average Bonchev–Trinajstić information content (AvgIpc) is 3.24. The Bertz CT molecular complexity index is 778. The minimum atomic E-state index is -0.0192. The molecule has 0 N–H and O–H groups in total. The number of aromatic nitrogens is 2. The summed E-state index contributed by atoms with van der Waals surface area (Å²) in [5.74, 6) is 0.919. The Balaban J connectivity index is 1.39. The molecule has 7 heteroatoms. The van der Waals surface area contributed by atoms with Gasteiger partial charge in [-0.05, 0) is 24.5 Å². The number of methoxy groups -OCH3 is 1. The van der Waals surface area contributed by atoms with Crippen molar-refractivity contribution in [1.82, 2.24) is 15.0 Å². The van der Waals surface area contributed by atoms with E-state index in [0.717, 1.165) is 43.7 Å². The van der Waals surface area contributed by atoms with Gasteiger partial charge in [0.25, 0.3) is 0 Å². The average molecular weight is 368 g/mol. The fourth-order valence-corrected chi connectivity index (χ4v) is 3.81. The second kappa shape index (κ2) is 7.92. The first kappa shape index (κ1) is 17.7. The predicted octanol–water partition coefficient (Wildman–Crippen LogP) is 2.61. The van der Waals surface area contributed by atoms with E-state index >= 15 is 0 Å². The van der Waals surface area contributed by atoms with Crippen LogP contribution < -0.4 is 9.64 Å². The van der Waals surface area contributed by atoms with Crippen LogP contribution in [0.15, 0.2) is 42.6 Å². The summed E-state index contributed by atoms with van der Waals surface area (Å²) in [6.07, 6.45) is 4.11. The normalized spacial score (nSPS) is 20.7. The molecule has 2 fully saturated rings. The number of carbonyl (C=O) groups excluding carboxylic acids is 1. The van der Waals surface area contributed by atoms with Crippen LogP contribution in [0.4, 0.5) is 5.82 Å². The topological polar surface area (TPSA) is 67.8 Å². The molecule has 4 rings (SSSR count). The number of benzene rings is 1. The summed E-state index contributed by atoms with van der Waals surface area (Å²) >= 11 is 0. The van der Waals surface area contributed by atoms with E-state index in [1.807, 2.05) is 24.3 Å². The molecule has 1 aromatic carbocycles. The molecule has 2 aliphatic heterocycles. The van der Waals surface area contributed by atoms with Crippen LogP contribution in [-0.2, 0) is 9.63 Å². The van der Waals surface area contributed by atoms with Gasteiger partial charge in [-0.1, -0.05) is 30.3 Å². The van der Waals surface area contributed by atoms with Crippen LogP contribution in [0.25, 0.3) is 0 Å². The number of anilines is 1. The van der Waals surface area contributed by atoms with E-state index in [2.05, 4.69) is 27.0 Å². The van der Waals surface area contributed by atoms with E-state index in [1.54, 1.807) is 18.4 Å². The summed E-state index contributed by atoms with van der Waals surface area (Å²) < 4.78 is 5.10. The zero-order chi connectivity index (χ0) is 18.6. The SMILES string of the molecule is COc1nccc(N2CCC(C(=O)N3OCC[C@H]3c3ccccc3)CC2)n1. The molecule has 0 bridgehead atoms. The van der Waals surface area contributed by atoms with Crippen LogP contribution in [0, 0.1) is 5.92 Å². The molecule has 0 spiro atoms. The van der Waals surface area contributed by atoms with Gasteiger partial charge in [-0.15, -0.1) is 0 Å². The molecule has 0 unspecified atom stereocenters. The molecule has 0 radical (unpaired) electrons. The highest BCUT2D eigenvalue weighted by atomic mass is 16.7. The first-order valence-corrected chi connectivity index (χ1v) is 9.39. The monoisotopic (exact) mass is 368 g/mol. The lowest BCUT2D eigenvalue weighted by molar-refractivity contribution is -0.182. The molecular weight excluding hydrogens is 344 g/mol. The molecule has 2 aromatic rings. The standard InChI is InChI=1S/C20H24N4O3/c1-26-20-21-11-7-18(22-20)23-12-8-16(9-13-23)19(25)24-17(10-14-27-24)15-5-3-2-4-6-15/h2-7,11,16-17H,8-10,12-14H2,1H3/t17-/m0/s1. The first-order valence-electron chi connectivity index (χ1n) is 9.39. The number of rotatable bonds is 4. The van der Waals surface area contributed by atoms with Crippen molar-refractivity contribution in [3.63, 3.8) is 0 Å². The van der Waals surface area contributed by atoms with E-state index in [-0.39, 0.29) is 17.9 Å². The summed E-state index contributed by atoms with van der Waals surface area (Å²) in [6, 6.07) is 12.4. The Morgan fingerprint density at radius 1 is 1.15 bits per heavy atom. The molecule has 1 amide bonds. The second-order valence-corrected chi connectivity index (χ2v) is 6.88. The molecule has 3 heterocycles. The van der Waals surface area contributed by atoms with Gasteiger partial charge in [0.1, 0.15) is 5.82 Å². The smallest absolute Gasteiger partial charge is 0.318 e. The highest BCUT2D eigenvalue weighted by Gasteiger charge is 2.37. The van der Waals surface area contributed by atoms with Gasteiger partial charge < -0.3 is 9.64 Å². The van der Waals surface area contributed by atoms with Crippen molar-refractivity contribution in [3.05, 3.63) is 48.2 Å². The minimum absolute atomic E-state index is 0.0165. The second-order valence-electron chi connectivity index (χ2n) is 6.88.